The average molecular weight is 453 g/mol. The molecule has 5 aromatic carbocycles. The predicted molar refractivity (Wildman–Crippen MR) is 143 cm³/mol. The molecule has 0 fully saturated rings. The van der Waals surface area contributed by atoms with Crippen molar-refractivity contribution in [3.8, 4) is 33.8 Å². The highest BCUT2D eigenvalue weighted by molar-refractivity contribution is 6.07. The Bertz CT molecular complexity index is 1740. The lowest BCUT2D eigenvalue weighted by atomic mass is 9.75. The van der Waals surface area contributed by atoms with Crippen molar-refractivity contribution in [1.29, 1.82) is 0 Å². The van der Waals surface area contributed by atoms with Gasteiger partial charge in [0.1, 0.15) is 22.7 Å². The van der Waals surface area contributed by atoms with E-state index < -0.39 is 0 Å². The van der Waals surface area contributed by atoms with Crippen LogP contribution in [0.3, 0.4) is 0 Å². The van der Waals surface area contributed by atoms with Gasteiger partial charge in [0.15, 0.2) is 0 Å². The summed E-state index contributed by atoms with van der Waals surface area (Å²) in [6.07, 6.45) is 0. The molecule has 168 valence electrons. The molecule has 6 aromatic rings. The second kappa shape index (κ2) is 7.35. The zero-order valence-electron chi connectivity index (χ0n) is 19.7. The summed E-state index contributed by atoms with van der Waals surface area (Å²) < 4.78 is 12.6. The van der Waals surface area contributed by atoms with E-state index in [1.54, 1.807) is 0 Å². The van der Waals surface area contributed by atoms with Crippen LogP contribution in [0, 0.1) is 0 Å². The molecule has 0 bridgehead atoms. The van der Waals surface area contributed by atoms with E-state index in [9.17, 15) is 0 Å². The highest BCUT2D eigenvalue weighted by atomic mass is 16.5. The van der Waals surface area contributed by atoms with Gasteiger partial charge in [0.05, 0.1) is 0 Å². The molecule has 0 radical (unpaired) electrons. The Balaban J connectivity index is 1.32. The highest BCUT2D eigenvalue weighted by Crippen LogP contribution is 2.48. The van der Waals surface area contributed by atoms with Crippen LogP contribution >= 0.6 is 0 Å². The monoisotopic (exact) mass is 452 g/mol. The fourth-order valence-corrected chi connectivity index (χ4v) is 5.39. The van der Waals surface area contributed by atoms with Crippen LogP contribution in [0.25, 0.3) is 44.2 Å². The molecule has 2 nitrogen and oxygen atoms in total. The third kappa shape index (κ3) is 3.10. The maximum atomic E-state index is 6.35. The Hall–Kier alpha value is -4.30. The number of fused-ring (bicyclic) bond motifs is 5. The first-order chi connectivity index (χ1) is 17.1. The van der Waals surface area contributed by atoms with Gasteiger partial charge in [0, 0.05) is 27.3 Å². The first kappa shape index (κ1) is 20.1. The van der Waals surface area contributed by atoms with Gasteiger partial charge in [-0.15, -0.1) is 0 Å². The fourth-order valence-electron chi connectivity index (χ4n) is 5.39. The molecule has 0 aliphatic carbocycles. The van der Waals surface area contributed by atoms with Gasteiger partial charge in [-0.3, -0.25) is 0 Å². The van der Waals surface area contributed by atoms with Crippen molar-refractivity contribution in [2.75, 3.05) is 0 Å². The van der Waals surface area contributed by atoms with Crippen molar-refractivity contribution < 1.29 is 9.15 Å². The molecule has 0 N–H and O–H groups in total. The quantitative estimate of drug-likeness (QED) is 0.261. The summed E-state index contributed by atoms with van der Waals surface area (Å²) in [6, 6.07) is 38.2. The maximum Gasteiger partial charge on any atom is 0.136 e. The normalized spacial score (nSPS) is 13.9. The minimum atomic E-state index is -0.141. The summed E-state index contributed by atoms with van der Waals surface area (Å²) in [5.41, 5.74) is 8.74. The number of para-hydroxylation sites is 1. The first-order valence-electron chi connectivity index (χ1n) is 12.0. The smallest absolute Gasteiger partial charge is 0.136 e. The Morgan fingerprint density at radius 2 is 1.06 bits per heavy atom. The molecule has 0 unspecified atom stereocenters. The van der Waals surface area contributed by atoms with Gasteiger partial charge in [0.2, 0.25) is 0 Å². The average Bonchev–Trinajstić information content (AvgIpc) is 3.26. The van der Waals surface area contributed by atoms with Crippen LogP contribution in [-0.2, 0) is 5.41 Å². The van der Waals surface area contributed by atoms with Crippen molar-refractivity contribution >= 4 is 21.9 Å². The van der Waals surface area contributed by atoms with E-state index in [0.717, 1.165) is 50.1 Å². The molecular weight excluding hydrogens is 428 g/mol. The van der Waals surface area contributed by atoms with Crippen molar-refractivity contribution in [2.24, 2.45) is 0 Å². The van der Waals surface area contributed by atoms with E-state index in [-0.39, 0.29) is 5.41 Å². The molecule has 2 heteroatoms. The van der Waals surface area contributed by atoms with Gasteiger partial charge in [-0.25, -0.2) is 0 Å². The molecule has 1 aliphatic rings. The minimum absolute atomic E-state index is 0.141. The molecule has 35 heavy (non-hydrogen) atoms. The first-order valence-corrected chi connectivity index (χ1v) is 12.0. The number of furan rings is 1. The van der Waals surface area contributed by atoms with Crippen LogP contribution in [0.2, 0.25) is 0 Å². The summed E-state index contributed by atoms with van der Waals surface area (Å²) in [5.74, 6) is 1.87. The Labute approximate surface area is 204 Å². The molecule has 0 saturated carbocycles. The van der Waals surface area contributed by atoms with Crippen LogP contribution < -0.4 is 4.74 Å². The molecule has 1 aromatic heterocycles. The SMILES string of the molecule is CC1(C)c2ccccc2Oc2ccc(-c3ccc4c(c3)oc3cc(-c5ccccc5)ccc34)cc21. The summed E-state index contributed by atoms with van der Waals surface area (Å²) in [6.45, 7) is 4.54. The van der Waals surface area contributed by atoms with Crippen LogP contribution in [0.4, 0.5) is 0 Å². The second-order valence-electron chi connectivity index (χ2n) is 9.82. The molecule has 0 amide bonds. The van der Waals surface area contributed by atoms with Crippen LogP contribution in [-0.4, -0.2) is 0 Å². The number of ether oxygens (including phenoxy) is 1. The maximum absolute atomic E-state index is 6.35. The van der Waals surface area contributed by atoms with E-state index in [2.05, 4.69) is 105 Å². The van der Waals surface area contributed by atoms with Crippen LogP contribution in [0.15, 0.2) is 114 Å². The number of rotatable bonds is 2. The van der Waals surface area contributed by atoms with Gasteiger partial charge >= 0.3 is 0 Å². The summed E-state index contributed by atoms with van der Waals surface area (Å²) in [7, 11) is 0. The second-order valence-corrected chi connectivity index (χ2v) is 9.82. The lowest BCUT2D eigenvalue weighted by molar-refractivity contribution is 0.418. The van der Waals surface area contributed by atoms with Gasteiger partial charge in [-0.1, -0.05) is 80.6 Å². The van der Waals surface area contributed by atoms with Crippen molar-refractivity contribution in [2.45, 2.75) is 19.3 Å². The minimum Gasteiger partial charge on any atom is -0.457 e. The van der Waals surface area contributed by atoms with E-state index in [1.165, 1.54) is 16.7 Å². The predicted octanol–water partition coefficient (Wildman–Crippen LogP) is 9.35. The van der Waals surface area contributed by atoms with Crippen LogP contribution in [0.1, 0.15) is 25.0 Å². The van der Waals surface area contributed by atoms with Crippen molar-refractivity contribution in [3.63, 3.8) is 0 Å². The Morgan fingerprint density at radius 3 is 1.80 bits per heavy atom. The van der Waals surface area contributed by atoms with E-state index >= 15 is 0 Å². The molecule has 1 aliphatic heterocycles. The standard InChI is InChI=1S/C33H24O2/c1-33(2)27-10-6-7-11-29(27)34-30-17-14-22(18-28(30)33)24-13-16-26-25-15-12-23(21-8-4-3-5-9-21)19-31(25)35-32(26)20-24/h3-20H,1-2H3. The lowest BCUT2D eigenvalue weighted by Crippen LogP contribution is -2.24. The number of hydrogen-bond acceptors (Lipinski definition) is 2. The van der Waals surface area contributed by atoms with Crippen molar-refractivity contribution in [1.82, 2.24) is 0 Å². The number of benzene rings is 5. The molecule has 2 heterocycles. The molecular formula is C33H24O2. The van der Waals surface area contributed by atoms with E-state index in [0.29, 0.717) is 0 Å². The fraction of sp³-hybridized carbons (Fsp3) is 0.0909. The van der Waals surface area contributed by atoms with Gasteiger partial charge in [-0.2, -0.15) is 0 Å². The molecule has 7 rings (SSSR count). The summed E-state index contributed by atoms with van der Waals surface area (Å²) >= 11 is 0. The van der Waals surface area contributed by atoms with Gasteiger partial charge in [-0.05, 0) is 64.7 Å². The highest BCUT2D eigenvalue weighted by Gasteiger charge is 2.34. The third-order valence-corrected chi connectivity index (χ3v) is 7.35. The zero-order chi connectivity index (χ0) is 23.6. The Kier molecular flexibility index (Phi) is 4.22. The summed E-state index contributed by atoms with van der Waals surface area (Å²) in [4.78, 5) is 0. The zero-order valence-corrected chi connectivity index (χ0v) is 19.7. The Morgan fingerprint density at radius 1 is 0.486 bits per heavy atom. The van der Waals surface area contributed by atoms with E-state index in [4.69, 9.17) is 9.15 Å². The largest absolute Gasteiger partial charge is 0.457 e. The van der Waals surface area contributed by atoms with Gasteiger partial charge in [0.25, 0.3) is 0 Å². The molecule has 0 saturated heterocycles. The lowest BCUT2D eigenvalue weighted by Gasteiger charge is -2.34. The topological polar surface area (TPSA) is 22.4 Å². The van der Waals surface area contributed by atoms with Crippen LogP contribution in [0.5, 0.6) is 11.5 Å². The third-order valence-electron chi connectivity index (χ3n) is 7.35. The van der Waals surface area contributed by atoms with E-state index in [1.807, 2.05) is 18.2 Å². The number of hydrogen-bond donors (Lipinski definition) is 0. The molecule has 0 atom stereocenters. The molecule has 0 spiro atoms. The van der Waals surface area contributed by atoms with Crippen molar-refractivity contribution in [3.05, 3.63) is 120 Å². The summed E-state index contributed by atoms with van der Waals surface area (Å²) in [5, 5.41) is 2.28. The van der Waals surface area contributed by atoms with Gasteiger partial charge < -0.3 is 9.15 Å².